The highest BCUT2D eigenvalue weighted by atomic mass is 35.5. The standard InChI is InChI=1S/C19H24ClNO3S/c1-11(2)15-10-25-18(17(15)12(3)4)21-19(22)24-9-13-8-14(20)6-7-16(13)23-5/h6-8,10-12H,9H2,1-5H3,(H,21,22). The normalized spacial score (nSPS) is 11.0. The van der Waals surface area contributed by atoms with Crippen molar-refractivity contribution in [1.82, 2.24) is 0 Å². The number of methoxy groups -OCH3 is 1. The van der Waals surface area contributed by atoms with Crippen LogP contribution in [0.3, 0.4) is 0 Å². The molecule has 6 heteroatoms. The molecule has 0 aliphatic carbocycles. The minimum Gasteiger partial charge on any atom is -0.496 e. The number of benzene rings is 1. The van der Waals surface area contributed by atoms with E-state index in [9.17, 15) is 4.79 Å². The molecule has 0 spiro atoms. The molecule has 0 atom stereocenters. The van der Waals surface area contributed by atoms with Crippen molar-refractivity contribution in [2.45, 2.75) is 46.1 Å². The first-order valence-electron chi connectivity index (χ1n) is 8.21. The Hall–Kier alpha value is -1.72. The monoisotopic (exact) mass is 381 g/mol. The van der Waals surface area contributed by atoms with Gasteiger partial charge < -0.3 is 9.47 Å². The first kappa shape index (κ1) is 19.6. The number of carbonyl (C=O) groups excluding carboxylic acids is 1. The summed E-state index contributed by atoms with van der Waals surface area (Å²) in [6, 6.07) is 5.22. The lowest BCUT2D eigenvalue weighted by Crippen LogP contribution is -2.14. The summed E-state index contributed by atoms with van der Waals surface area (Å²) in [5.41, 5.74) is 3.17. The second-order valence-electron chi connectivity index (χ2n) is 6.40. The van der Waals surface area contributed by atoms with E-state index in [0.29, 0.717) is 22.6 Å². The van der Waals surface area contributed by atoms with Gasteiger partial charge in [-0.25, -0.2) is 4.79 Å². The quantitative estimate of drug-likeness (QED) is 0.629. The van der Waals surface area contributed by atoms with Gasteiger partial charge in [-0.1, -0.05) is 39.3 Å². The molecule has 1 aromatic heterocycles. The fourth-order valence-electron chi connectivity index (χ4n) is 2.65. The number of ether oxygens (including phenoxy) is 2. The average molecular weight is 382 g/mol. The van der Waals surface area contributed by atoms with Crippen molar-refractivity contribution in [3.05, 3.63) is 45.3 Å². The van der Waals surface area contributed by atoms with Gasteiger partial charge in [-0.15, -0.1) is 11.3 Å². The molecule has 0 aliphatic heterocycles. The predicted molar refractivity (Wildman–Crippen MR) is 104 cm³/mol. The number of hydrogen-bond acceptors (Lipinski definition) is 4. The zero-order valence-electron chi connectivity index (χ0n) is 15.2. The maximum Gasteiger partial charge on any atom is 0.412 e. The van der Waals surface area contributed by atoms with Gasteiger partial charge in [0.25, 0.3) is 0 Å². The molecule has 1 heterocycles. The smallest absolute Gasteiger partial charge is 0.412 e. The molecule has 0 radical (unpaired) electrons. The van der Waals surface area contributed by atoms with Crippen molar-refractivity contribution >= 4 is 34.0 Å². The summed E-state index contributed by atoms with van der Waals surface area (Å²) < 4.78 is 10.6. The number of thiophene rings is 1. The molecular formula is C19H24ClNO3S. The van der Waals surface area contributed by atoms with Gasteiger partial charge in [0.2, 0.25) is 0 Å². The molecule has 0 unspecified atom stereocenters. The third-order valence-electron chi connectivity index (χ3n) is 3.88. The second-order valence-corrected chi connectivity index (χ2v) is 7.72. The second kappa shape index (κ2) is 8.59. The lowest BCUT2D eigenvalue weighted by Gasteiger charge is -2.14. The summed E-state index contributed by atoms with van der Waals surface area (Å²) >= 11 is 7.53. The van der Waals surface area contributed by atoms with Crippen molar-refractivity contribution in [3.8, 4) is 5.75 Å². The van der Waals surface area contributed by atoms with Gasteiger partial charge in [-0.2, -0.15) is 0 Å². The molecule has 2 rings (SSSR count). The summed E-state index contributed by atoms with van der Waals surface area (Å²) in [7, 11) is 1.57. The van der Waals surface area contributed by atoms with Crippen LogP contribution in [0.1, 0.15) is 56.2 Å². The third-order valence-corrected chi connectivity index (χ3v) is 5.04. The maximum absolute atomic E-state index is 12.2. The molecule has 4 nitrogen and oxygen atoms in total. The number of nitrogens with one attached hydrogen (secondary N) is 1. The van der Waals surface area contributed by atoms with E-state index in [4.69, 9.17) is 21.1 Å². The summed E-state index contributed by atoms with van der Waals surface area (Å²) in [5, 5.41) is 6.40. The number of rotatable bonds is 6. The van der Waals surface area contributed by atoms with Crippen LogP contribution in [0.25, 0.3) is 0 Å². The highest BCUT2D eigenvalue weighted by Crippen LogP contribution is 2.38. The molecule has 0 bridgehead atoms. The van der Waals surface area contributed by atoms with Crippen LogP contribution < -0.4 is 10.1 Å². The zero-order chi connectivity index (χ0) is 18.6. The van der Waals surface area contributed by atoms with Gasteiger partial charge in [-0.05, 0) is 46.5 Å². The van der Waals surface area contributed by atoms with E-state index < -0.39 is 6.09 Å². The first-order valence-corrected chi connectivity index (χ1v) is 9.46. The highest BCUT2D eigenvalue weighted by Gasteiger charge is 2.19. The van der Waals surface area contributed by atoms with Crippen LogP contribution >= 0.6 is 22.9 Å². The zero-order valence-corrected chi connectivity index (χ0v) is 16.8. The lowest BCUT2D eigenvalue weighted by molar-refractivity contribution is 0.154. The number of anilines is 1. The van der Waals surface area contributed by atoms with Crippen molar-refractivity contribution < 1.29 is 14.3 Å². The highest BCUT2D eigenvalue weighted by molar-refractivity contribution is 7.14. The topological polar surface area (TPSA) is 47.6 Å². The van der Waals surface area contributed by atoms with Crippen LogP contribution in [-0.4, -0.2) is 13.2 Å². The predicted octanol–water partition coefficient (Wildman–Crippen LogP) is 6.41. The van der Waals surface area contributed by atoms with E-state index in [0.717, 1.165) is 10.6 Å². The Labute approximate surface area is 158 Å². The number of hydrogen-bond donors (Lipinski definition) is 1. The van der Waals surface area contributed by atoms with Gasteiger partial charge in [0.1, 0.15) is 17.4 Å². The summed E-state index contributed by atoms with van der Waals surface area (Å²) in [6.07, 6.45) is -0.485. The minimum atomic E-state index is -0.485. The molecule has 1 aromatic carbocycles. The Kier molecular flexibility index (Phi) is 6.73. The number of carbonyl (C=O) groups is 1. The van der Waals surface area contributed by atoms with E-state index in [1.54, 1.807) is 25.3 Å². The van der Waals surface area contributed by atoms with E-state index in [1.807, 2.05) is 0 Å². The molecule has 0 saturated carbocycles. The van der Waals surface area contributed by atoms with Gasteiger partial charge in [0, 0.05) is 10.6 Å². The van der Waals surface area contributed by atoms with Gasteiger partial charge in [0.05, 0.1) is 7.11 Å². The largest absolute Gasteiger partial charge is 0.496 e. The molecule has 25 heavy (non-hydrogen) atoms. The van der Waals surface area contributed by atoms with E-state index in [2.05, 4.69) is 38.4 Å². The van der Waals surface area contributed by atoms with Crippen molar-refractivity contribution in [1.29, 1.82) is 0 Å². The molecule has 0 fully saturated rings. The summed E-state index contributed by atoms with van der Waals surface area (Å²) in [6.45, 7) is 8.65. The first-order chi connectivity index (χ1) is 11.8. The Morgan fingerprint density at radius 1 is 1.24 bits per heavy atom. The van der Waals surface area contributed by atoms with E-state index >= 15 is 0 Å². The Morgan fingerprint density at radius 3 is 2.56 bits per heavy atom. The molecule has 2 aromatic rings. The molecule has 0 saturated heterocycles. The van der Waals surface area contributed by atoms with Crippen LogP contribution in [0.2, 0.25) is 5.02 Å². The Balaban J connectivity index is 2.08. The number of amides is 1. The summed E-state index contributed by atoms with van der Waals surface area (Å²) in [5.74, 6) is 1.38. The Bertz CT molecular complexity index is 740. The lowest BCUT2D eigenvalue weighted by atomic mass is 9.94. The van der Waals surface area contributed by atoms with Gasteiger partial charge in [0.15, 0.2) is 0 Å². The molecule has 0 aliphatic rings. The van der Waals surface area contributed by atoms with E-state index in [1.165, 1.54) is 22.5 Å². The molecule has 1 amide bonds. The molecular weight excluding hydrogens is 358 g/mol. The maximum atomic E-state index is 12.2. The van der Waals surface area contributed by atoms with Crippen molar-refractivity contribution in [2.75, 3.05) is 12.4 Å². The third kappa shape index (κ3) is 4.89. The molecule has 136 valence electrons. The van der Waals surface area contributed by atoms with E-state index in [-0.39, 0.29) is 6.61 Å². The van der Waals surface area contributed by atoms with Crippen LogP contribution in [0.5, 0.6) is 5.75 Å². The number of halogens is 1. The van der Waals surface area contributed by atoms with Gasteiger partial charge in [-0.3, -0.25) is 5.32 Å². The van der Waals surface area contributed by atoms with Crippen molar-refractivity contribution in [3.63, 3.8) is 0 Å². The van der Waals surface area contributed by atoms with Crippen LogP contribution in [0.15, 0.2) is 23.6 Å². The van der Waals surface area contributed by atoms with Gasteiger partial charge >= 0.3 is 6.09 Å². The molecule has 1 N–H and O–H groups in total. The van der Waals surface area contributed by atoms with Crippen LogP contribution in [-0.2, 0) is 11.3 Å². The SMILES string of the molecule is COc1ccc(Cl)cc1COC(=O)Nc1scc(C(C)C)c1C(C)C. The summed E-state index contributed by atoms with van der Waals surface area (Å²) in [4.78, 5) is 12.2. The van der Waals surface area contributed by atoms with Crippen molar-refractivity contribution in [2.24, 2.45) is 0 Å². The Morgan fingerprint density at radius 2 is 1.96 bits per heavy atom. The van der Waals surface area contributed by atoms with Crippen LogP contribution in [0.4, 0.5) is 9.80 Å². The minimum absolute atomic E-state index is 0.0923. The fraction of sp³-hybridized carbons (Fsp3) is 0.421. The van der Waals surface area contributed by atoms with Crippen LogP contribution in [0, 0.1) is 0 Å². The fourth-order valence-corrected chi connectivity index (χ4v) is 4.11. The average Bonchev–Trinajstić information content (AvgIpc) is 2.97.